The Kier molecular flexibility index (Phi) is 5.17. The molecule has 0 spiro atoms. The zero-order valence-electron chi connectivity index (χ0n) is 7.13. The molecular weight excluding hydrogens is 138 g/mol. The lowest BCUT2D eigenvalue weighted by molar-refractivity contribution is -0.113. The number of amides is 1. The number of nitrogens with two attached hydrogens (primary N) is 1. The SMILES string of the molecule is CCC=C(C=CC(N)=O)CC. The monoisotopic (exact) mass is 153 g/mol. The van der Waals surface area contributed by atoms with Crippen molar-refractivity contribution in [3.05, 3.63) is 23.8 Å². The first-order valence-electron chi connectivity index (χ1n) is 3.87. The quantitative estimate of drug-likeness (QED) is 0.485. The summed E-state index contributed by atoms with van der Waals surface area (Å²) in [7, 11) is 0. The van der Waals surface area contributed by atoms with Crippen LogP contribution in [0.1, 0.15) is 26.7 Å². The standard InChI is InChI=1S/C9H15NO/c1-3-5-8(4-2)6-7-9(10)11/h5-7H,3-4H2,1-2H3,(H2,10,11). The van der Waals surface area contributed by atoms with Crippen LogP contribution in [0.5, 0.6) is 0 Å². The summed E-state index contributed by atoms with van der Waals surface area (Å²) in [5.41, 5.74) is 6.10. The fourth-order valence-electron chi connectivity index (χ4n) is 0.782. The minimum Gasteiger partial charge on any atom is -0.366 e. The van der Waals surface area contributed by atoms with Gasteiger partial charge in [0.15, 0.2) is 0 Å². The van der Waals surface area contributed by atoms with Crippen molar-refractivity contribution in [1.29, 1.82) is 0 Å². The van der Waals surface area contributed by atoms with Crippen molar-refractivity contribution in [2.24, 2.45) is 5.73 Å². The number of carbonyl (C=O) groups is 1. The molecule has 11 heavy (non-hydrogen) atoms. The summed E-state index contributed by atoms with van der Waals surface area (Å²) in [5.74, 6) is -0.388. The van der Waals surface area contributed by atoms with Gasteiger partial charge in [0.1, 0.15) is 0 Å². The van der Waals surface area contributed by atoms with E-state index in [2.05, 4.69) is 13.0 Å². The van der Waals surface area contributed by atoms with Crippen LogP contribution in [-0.4, -0.2) is 5.91 Å². The van der Waals surface area contributed by atoms with Gasteiger partial charge in [-0.2, -0.15) is 0 Å². The summed E-state index contributed by atoms with van der Waals surface area (Å²) in [4.78, 5) is 10.3. The molecule has 0 atom stereocenters. The maximum atomic E-state index is 10.3. The van der Waals surface area contributed by atoms with Crippen LogP contribution in [0, 0.1) is 0 Å². The van der Waals surface area contributed by atoms with Crippen LogP contribution in [0.3, 0.4) is 0 Å². The van der Waals surface area contributed by atoms with Crippen molar-refractivity contribution in [3.8, 4) is 0 Å². The molecule has 0 aliphatic heterocycles. The molecule has 0 saturated carbocycles. The zero-order chi connectivity index (χ0) is 8.69. The minimum absolute atomic E-state index is 0.388. The van der Waals surface area contributed by atoms with Crippen LogP contribution in [0.15, 0.2) is 23.8 Å². The predicted molar refractivity (Wildman–Crippen MR) is 47.0 cm³/mol. The molecule has 0 aliphatic carbocycles. The fourth-order valence-corrected chi connectivity index (χ4v) is 0.782. The molecule has 0 fully saturated rings. The van der Waals surface area contributed by atoms with Crippen LogP contribution < -0.4 is 5.73 Å². The van der Waals surface area contributed by atoms with Crippen LogP contribution in [0.2, 0.25) is 0 Å². The number of hydrogen-bond acceptors (Lipinski definition) is 1. The summed E-state index contributed by atoms with van der Waals surface area (Å²) < 4.78 is 0. The maximum Gasteiger partial charge on any atom is 0.241 e. The average Bonchev–Trinajstić information content (AvgIpc) is 1.97. The van der Waals surface area contributed by atoms with E-state index in [1.807, 2.05) is 6.92 Å². The van der Waals surface area contributed by atoms with Crippen LogP contribution in [-0.2, 0) is 4.79 Å². The first kappa shape index (κ1) is 9.95. The van der Waals surface area contributed by atoms with Gasteiger partial charge in [0.25, 0.3) is 0 Å². The molecule has 0 aliphatic rings. The van der Waals surface area contributed by atoms with Crippen LogP contribution in [0.25, 0.3) is 0 Å². The molecule has 62 valence electrons. The Morgan fingerprint density at radius 2 is 2.00 bits per heavy atom. The highest BCUT2D eigenvalue weighted by Gasteiger charge is 1.87. The zero-order valence-corrected chi connectivity index (χ0v) is 7.13. The van der Waals surface area contributed by atoms with Crippen molar-refractivity contribution >= 4 is 5.91 Å². The fraction of sp³-hybridized carbons (Fsp3) is 0.444. The third kappa shape index (κ3) is 5.40. The summed E-state index contributed by atoms with van der Waals surface area (Å²) in [5, 5.41) is 0. The third-order valence-electron chi connectivity index (χ3n) is 1.34. The molecule has 2 nitrogen and oxygen atoms in total. The smallest absolute Gasteiger partial charge is 0.241 e. The maximum absolute atomic E-state index is 10.3. The molecule has 0 rings (SSSR count). The Balaban J connectivity index is 4.08. The highest BCUT2D eigenvalue weighted by atomic mass is 16.1. The molecule has 0 aromatic carbocycles. The number of primary amides is 1. The second-order valence-electron chi connectivity index (χ2n) is 2.28. The first-order valence-corrected chi connectivity index (χ1v) is 3.87. The Hall–Kier alpha value is -1.05. The lowest BCUT2D eigenvalue weighted by Crippen LogP contribution is -2.05. The van der Waals surface area contributed by atoms with Gasteiger partial charge < -0.3 is 5.73 Å². The third-order valence-corrected chi connectivity index (χ3v) is 1.34. The van der Waals surface area contributed by atoms with Gasteiger partial charge in [-0.25, -0.2) is 0 Å². The Labute approximate surface area is 67.8 Å². The minimum atomic E-state index is -0.388. The number of hydrogen-bond donors (Lipinski definition) is 1. The summed E-state index contributed by atoms with van der Waals surface area (Å²) in [6.07, 6.45) is 7.18. The topological polar surface area (TPSA) is 43.1 Å². The second kappa shape index (κ2) is 5.71. The van der Waals surface area contributed by atoms with E-state index in [1.54, 1.807) is 6.08 Å². The molecule has 0 heterocycles. The Morgan fingerprint density at radius 3 is 2.36 bits per heavy atom. The largest absolute Gasteiger partial charge is 0.366 e. The van der Waals surface area contributed by atoms with Gasteiger partial charge in [0.05, 0.1) is 0 Å². The second-order valence-corrected chi connectivity index (χ2v) is 2.28. The molecular formula is C9H15NO. The van der Waals surface area contributed by atoms with Gasteiger partial charge in [-0.1, -0.05) is 31.6 Å². The lowest BCUT2D eigenvalue weighted by atomic mass is 10.1. The van der Waals surface area contributed by atoms with E-state index in [0.717, 1.165) is 18.4 Å². The van der Waals surface area contributed by atoms with Gasteiger partial charge in [-0.15, -0.1) is 0 Å². The van der Waals surface area contributed by atoms with E-state index in [9.17, 15) is 4.79 Å². The molecule has 0 saturated heterocycles. The summed E-state index contributed by atoms with van der Waals surface area (Å²) in [6.45, 7) is 4.11. The van der Waals surface area contributed by atoms with Gasteiger partial charge >= 0.3 is 0 Å². The van der Waals surface area contributed by atoms with Crippen LogP contribution >= 0.6 is 0 Å². The van der Waals surface area contributed by atoms with Crippen molar-refractivity contribution in [2.75, 3.05) is 0 Å². The predicted octanol–water partition coefficient (Wildman–Crippen LogP) is 1.77. The van der Waals surface area contributed by atoms with E-state index in [1.165, 1.54) is 6.08 Å². The summed E-state index contributed by atoms with van der Waals surface area (Å²) in [6, 6.07) is 0. The van der Waals surface area contributed by atoms with Gasteiger partial charge in [-0.05, 0) is 12.8 Å². The Morgan fingerprint density at radius 1 is 1.36 bits per heavy atom. The number of allylic oxidation sites excluding steroid dienone is 3. The molecule has 0 bridgehead atoms. The molecule has 0 unspecified atom stereocenters. The highest BCUT2D eigenvalue weighted by molar-refractivity contribution is 5.86. The lowest BCUT2D eigenvalue weighted by Gasteiger charge is -1.93. The van der Waals surface area contributed by atoms with E-state index >= 15 is 0 Å². The molecule has 2 N–H and O–H groups in total. The van der Waals surface area contributed by atoms with Crippen molar-refractivity contribution in [2.45, 2.75) is 26.7 Å². The van der Waals surface area contributed by atoms with Gasteiger partial charge in [0, 0.05) is 6.08 Å². The van der Waals surface area contributed by atoms with E-state index in [4.69, 9.17) is 5.73 Å². The van der Waals surface area contributed by atoms with Gasteiger partial charge in [-0.3, -0.25) is 4.79 Å². The number of carbonyl (C=O) groups excluding carboxylic acids is 1. The highest BCUT2D eigenvalue weighted by Crippen LogP contribution is 2.03. The van der Waals surface area contributed by atoms with Gasteiger partial charge in [0.2, 0.25) is 5.91 Å². The van der Waals surface area contributed by atoms with E-state index in [-0.39, 0.29) is 5.91 Å². The summed E-state index contributed by atoms with van der Waals surface area (Å²) >= 11 is 0. The molecule has 1 amide bonds. The molecule has 0 radical (unpaired) electrons. The normalized spacial score (nSPS) is 12.4. The number of rotatable bonds is 4. The average molecular weight is 153 g/mol. The van der Waals surface area contributed by atoms with E-state index in [0.29, 0.717) is 0 Å². The van der Waals surface area contributed by atoms with Crippen molar-refractivity contribution in [1.82, 2.24) is 0 Å². The Bertz CT molecular complexity index is 180. The van der Waals surface area contributed by atoms with Crippen molar-refractivity contribution in [3.63, 3.8) is 0 Å². The molecule has 2 heteroatoms. The molecule has 0 aromatic rings. The first-order chi connectivity index (χ1) is 5.20. The van der Waals surface area contributed by atoms with E-state index < -0.39 is 0 Å². The van der Waals surface area contributed by atoms with Crippen molar-refractivity contribution < 1.29 is 4.79 Å². The molecule has 0 aromatic heterocycles. The van der Waals surface area contributed by atoms with Crippen LogP contribution in [0.4, 0.5) is 0 Å².